The molecule has 0 spiro atoms. The zero-order valence-corrected chi connectivity index (χ0v) is 14.4. The lowest BCUT2D eigenvalue weighted by Gasteiger charge is -2.09. The standard InChI is InChI=1S/C14H13BrCl2N2O2/c1-2-21-11(20)8-19-13(17)12(16)18-14(19)10-5-3-9(7-15)4-6-10/h3-6H,2,7-8H2,1H3. The second kappa shape index (κ2) is 7.29. The van der Waals surface area contributed by atoms with Gasteiger partial charge in [-0.15, -0.1) is 0 Å². The van der Waals surface area contributed by atoms with Crippen LogP contribution in [0.4, 0.5) is 0 Å². The maximum Gasteiger partial charge on any atom is 0.326 e. The van der Waals surface area contributed by atoms with Crippen LogP contribution in [0.3, 0.4) is 0 Å². The van der Waals surface area contributed by atoms with Crippen molar-refractivity contribution in [1.29, 1.82) is 0 Å². The van der Waals surface area contributed by atoms with Crippen molar-refractivity contribution < 1.29 is 9.53 Å². The van der Waals surface area contributed by atoms with E-state index in [2.05, 4.69) is 20.9 Å². The number of imidazole rings is 1. The number of alkyl halides is 1. The minimum absolute atomic E-state index is 0.0259. The SMILES string of the molecule is CCOC(=O)Cn1c(-c2ccc(CBr)cc2)nc(Cl)c1Cl. The Hall–Kier alpha value is -1.04. The van der Waals surface area contributed by atoms with Crippen LogP contribution < -0.4 is 0 Å². The third-order valence-electron chi connectivity index (χ3n) is 2.83. The number of esters is 1. The molecule has 112 valence electrons. The fourth-order valence-electron chi connectivity index (χ4n) is 1.85. The topological polar surface area (TPSA) is 44.1 Å². The number of rotatable bonds is 5. The quantitative estimate of drug-likeness (QED) is 0.563. The highest BCUT2D eigenvalue weighted by Crippen LogP contribution is 2.29. The van der Waals surface area contributed by atoms with Crippen LogP contribution >= 0.6 is 39.1 Å². The lowest BCUT2D eigenvalue weighted by atomic mass is 10.1. The smallest absolute Gasteiger partial charge is 0.326 e. The van der Waals surface area contributed by atoms with Crippen LogP contribution in [0.25, 0.3) is 11.4 Å². The molecule has 2 rings (SSSR count). The third-order valence-corrected chi connectivity index (χ3v) is 4.22. The van der Waals surface area contributed by atoms with E-state index in [1.165, 1.54) is 0 Å². The molecule has 1 heterocycles. The van der Waals surface area contributed by atoms with Crippen LogP contribution in [0.5, 0.6) is 0 Å². The second-order valence-electron chi connectivity index (χ2n) is 4.24. The van der Waals surface area contributed by atoms with Gasteiger partial charge in [-0.25, -0.2) is 4.98 Å². The second-order valence-corrected chi connectivity index (χ2v) is 5.52. The number of aromatic nitrogens is 2. The Labute approximate surface area is 141 Å². The van der Waals surface area contributed by atoms with Crippen molar-refractivity contribution in [2.75, 3.05) is 6.61 Å². The number of halogens is 3. The zero-order chi connectivity index (χ0) is 15.4. The molecule has 0 atom stereocenters. The Morgan fingerprint density at radius 2 is 2.00 bits per heavy atom. The van der Waals surface area contributed by atoms with Gasteiger partial charge in [0.05, 0.1) is 6.61 Å². The van der Waals surface area contributed by atoms with E-state index in [4.69, 9.17) is 27.9 Å². The van der Waals surface area contributed by atoms with Crippen molar-refractivity contribution in [3.63, 3.8) is 0 Å². The molecule has 0 radical (unpaired) electrons. The predicted octanol–water partition coefficient (Wildman–Crippen LogP) is 4.31. The number of hydrogen-bond acceptors (Lipinski definition) is 3. The molecule has 0 aliphatic rings. The van der Waals surface area contributed by atoms with E-state index in [0.29, 0.717) is 12.4 Å². The minimum atomic E-state index is -0.383. The maximum atomic E-state index is 11.7. The summed E-state index contributed by atoms with van der Waals surface area (Å²) in [6, 6.07) is 7.75. The van der Waals surface area contributed by atoms with Crippen molar-refractivity contribution in [2.24, 2.45) is 0 Å². The Balaban J connectivity index is 2.38. The van der Waals surface area contributed by atoms with Crippen molar-refractivity contribution in [2.45, 2.75) is 18.8 Å². The van der Waals surface area contributed by atoms with Gasteiger partial charge in [-0.1, -0.05) is 63.4 Å². The Bertz CT molecular complexity index is 641. The van der Waals surface area contributed by atoms with Gasteiger partial charge in [0.25, 0.3) is 0 Å². The molecular weight excluding hydrogens is 379 g/mol. The molecule has 0 unspecified atom stereocenters. The van der Waals surface area contributed by atoms with Crippen molar-refractivity contribution in [1.82, 2.24) is 9.55 Å². The van der Waals surface area contributed by atoms with Crippen LogP contribution in [-0.4, -0.2) is 22.1 Å². The monoisotopic (exact) mass is 390 g/mol. The lowest BCUT2D eigenvalue weighted by Crippen LogP contribution is -2.14. The molecule has 7 heteroatoms. The Morgan fingerprint density at radius 1 is 1.33 bits per heavy atom. The Morgan fingerprint density at radius 3 is 2.57 bits per heavy atom. The highest BCUT2D eigenvalue weighted by molar-refractivity contribution is 9.08. The normalized spacial score (nSPS) is 10.7. The van der Waals surface area contributed by atoms with Crippen LogP contribution in [0.2, 0.25) is 10.3 Å². The lowest BCUT2D eigenvalue weighted by molar-refractivity contribution is -0.143. The summed E-state index contributed by atoms with van der Waals surface area (Å²) in [5, 5.41) is 1.16. The molecule has 2 aromatic rings. The van der Waals surface area contributed by atoms with Crippen LogP contribution in [-0.2, 0) is 21.4 Å². The average molecular weight is 392 g/mol. The molecule has 0 saturated heterocycles. The molecule has 1 aromatic carbocycles. The number of nitrogens with zero attached hydrogens (tertiary/aromatic N) is 2. The summed E-state index contributed by atoms with van der Waals surface area (Å²) < 4.78 is 6.49. The summed E-state index contributed by atoms with van der Waals surface area (Å²) in [5.41, 5.74) is 1.97. The minimum Gasteiger partial charge on any atom is -0.465 e. The van der Waals surface area contributed by atoms with Gasteiger partial charge >= 0.3 is 5.97 Å². The van der Waals surface area contributed by atoms with Gasteiger partial charge in [0, 0.05) is 10.9 Å². The highest BCUT2D eigenvalue weighted by atomic mass is 79.9. The average Bonchev–Trinajstić information content (AvgIpc) is 2.76. The van der Waals surface area contributed by atoms with Gasteiger partial charge < -0.3 is 9.30 Å². The van der Waals surface area contributed by atoms with Crippen molar-refractivity contribution >= 4 is 45.1 Å². The summed E-state index contributed by atoms with van der Waals surface area (Å²) >= 11 is 15.5. The van der Waals surface area contributed by atoms with Crippen molar-refractivity contribution in [3.05, 3.63) is 40.1 Å². The molecule has 0 amide bonds. The van der Waals surface area contributed by atoms with Gasteiger partial charge in [-0.2, -0.15) is 0 Å². The molecular formula is C14H13BrCl2N2O2. The number of benzene rings is 1. The fourth-order valence-corrected chi connectivity index (χ4v) is 2.59. The zero-order valence-electron chi connectivity index (χ0n) is 11.3. The van der Waals surface area contributed by atoms with E-state index in [1.807, 2.05) is 24.3 Å². The van der Waals surface area contributed by atoms with E-state index in [9.17, 15) is 4.79 Å². The third kappa shape index (κ3) is 3.78. The van der Waals surface area contributed by atoms with E-state index in [1.54, 1.807) is 11.5 Å². The van der Waals surface area contributed by atoms with Gasteiger partial charge in [-0.05, 0) is 12.5 Å². The predicted molar refractivity (Wildman–Crippen MR) is 86.9 cm³/mol. The van der Waals surface area contributed by atoms with Gasteiger partial charge in [-0.3, -0.25) is 4.79 Å². The molecule has 4 nitrogen and oxygen atoms in total. The Kier molecular flexibility index (Phi) is 5.67. The van der Waals surface area contributed by atoms with Crippen molar-refractivity contribution in [3.8, 4) is 11.4 Å². The summed E-state index contributed by atoms with van der Waals surface area (Å²) in [6.45, 7) is 2.04. The molecule has 0 N–H and O–H groups in total. The van der Waals surface area contributed by atoms with E-state index >= 15 is 0 Å². The summed E-state index contributed by atoms with van der Waals surface area (Å²) in [6.07, 6.45) is 0. The van der Waals surface area contributed by atoms with E-state index < -0.39 is 0 Å². The number of ether oxygens (including phenoxy) is 1. The number of hydrogen-bond donors (Lipinski definition) is 0. The molecule has 1 aromatic heterocycles. The highest BCUT2D eigenvalue weighted by Gasteiger charge is 2.18. The number of carbonyl (C=O) groups is 1. The summed E-state index contributed by atoms with van der Waals surface area (Å²) in [5.74, 6) is 0.158. The first kappa shape index (κ1) is 16.3. The van der Waals surface area contributed by atoms with Crippen LogP contribution in [0, 0.1) is 0 Å². The molecule has 0 bridgehead atoms. The van der Waals surface area contributed by atoms with Crippen LogP contribution in [0.1, 0.15) is 12.5 Å². The largest absolute Gasteiger partial charge is 0.465 e. The van der Waals surface area contributed by atoms with E-state index in [0.717, 1.165) is 16.5 Å². The van der Waals surface area contributed by atoms with Gasteiger partial charge in [0.1, 0.15) is 17.5 Å². The number of carbonyl (C=O) groups excluding carboxylic acids is 1. The summed E-state index contributed by atoms with van der Waals surface area (Å²) in [4.78, 5) is 15.9. The fraction of sp³-hybridized carbons (Fsp3) is 0.286. The van der Waals surface area contributed by atoms with Gasteiger partial charge in [0.15, 0.2) is 5.15 Å². The van der Waals surface area contributed by atoms with Crippen LogP contribution in [0.15, 0.2) is 24.3 Å². The molecule has 0 aliphatic carbocycles. The maximum absolute atomic E-state index is 11.7. The molecule has 0 saturated carbocycles. The molecule has 0 fully saturated rings. The van der Waals surface area contributed by atoms with E-state index in [-0.39, 0.29) is 22.8 Å². The van der Waals surface area contributed by atoms with Gasteiger partial charge in [0.2, 0.25) is 0 Å². The molecule has 21 heavy (non-hydrogen) atoms. The first-order chi connectivity index (χ1) is 10.1. The first-order valence-corrected chi connectivity index (χ1v) is 8.17. The first-order valence-electron chi connectivity index (χ1n) is 6.29. The molecule has 0 aliphatic heterocycles. The summed E-state index contributed by atoms with van der Waals surface area (Å²) in [7, 11) is 0.